The quantitative estimate of drug-likeness (QED) is 0.628. The van der Waals surface area contributed by atoms with E-state index < -0.39 is 0 Å². The van der Waals surface area contributed by atoms with Crippen molar-refractivity contribution in [3.63, 3.8) is 0 Å². The minimum Gasteiger partial charge on any atom is -0.368 e. The fraction of sp³-hybridized carbons (Fsp3) is 0.542. The predicted octanol–water partition coefficient (Wildman–Crippen LogP) is 3.80. The van der Waals surface area contributed by atoms with E-state index in [1.165, 1.54) is 5.56 Å². The monoisotopic (exact) mass is 468 g/mol. The summed E-state index contributed by atoms with van der Waals surface area (Å²) in [5.74, 6) is 1.05. The van der Waals surface area contributed by atoms with Crippen LogP contribution in [-0.4, -0.2) is 69.8 Å². The number of benzene rings is 1. The maximum Gasteiger partial charge on any atom is 0.251 e. The molecule has 0 radical (unpaired) electrons. The number of fused-ring (bicyclic) bond motifs is 1. The summed E-state index contributed by atoms with van der Waals surface area (Å²) >= 11 is 1.60. The zero-order valence-corrected chi connectivity index (χ0v) is 20.6. The molecular weight excluding hydrogens is 436 g/mol. The molecule has 1 atom stereocenters. The average molecular weight is 469 g/mol. The lowest BCUT2D eigenvalue weighted by atomic mass is 10.1. The second-order valence-corrected chi connectivity index (χ2v) is 10.9. The van der Waals surface area contributed by atoms with Crippen LogP contribution in [0.4, 0.5) is 10.9 Å². The molecule has 5 rings (SSSR count). The lowest BCUT2D eigenvalue weighted by Gasteiger charge is -2.35. The molecule has 0 saturated carbocycles. The summed E-state index contributed by atoms with van der Waals surface area (Å²) in [6.07, 6.45) is 1.58. The van der Waals surface area contributed by atoms with Crippen LogP contribution in [0.5, 0.6) is 0 Å². The van der Waals surface area contributed by atoms with Gasteiger partial charge in [-0.25, -0.2) is 4.98 Å². The molecular formula is C24H32N6O2S. The molecule has 1 N–H and O–H groups in total. The van der Waals surface area contributed by atoms with Gasteiger partial charge in [-0.3, -0.25) is 4.79 Å². The summed E-state index contributed by atoms with van der Waals surface area (Å²) < 4.78 is 7.52. The number of hydrogen-bond acceptors (Lipinski definition) is 7. The first-order valence-electron chi connectivity index (χ1n) is 11.7. The summed E-state index contributed by atoms with van der Waals surface area (Å²) in [6, 6.07) is 8.41. The maximum absolute atomic E-state index is 12.7. The molecule has 0 bridgehead atoms. The van der Waals surface area contributed by atoms with Gasteiger partial charge in [0.05, 0.1) is 0 Å². The van der Waals surface area contributed by atoms with Crippen LogP contribution in [0.3, 0.4) is 0 Å². The van der Waals surface area contributed by atoms with E-state index >= 15 is 0 Å². The second kappa shape index (κ2) is 8.61. The van der Waals surface area contributed by atoms with Crippen LogP contribution in [0.1, 0.15) is 39.2 Å². The van der Waals surface area contributed by atoms with Gasteiger partial charge in [-0.1, -0.05) is 35.1 Å². The maximum atomic E-state index is 12.7. The molecule has 2 aliphatic rings. The number of nitrogens with one attached hydrogen (secondary N) is 1. The van der Waals surface area contributed by atoms with Crippen molar-refractivity contribution in [2.24, 2.45) is 0 Å². The van der Waals surface area contributed by atoms with E-state index in [2.05, 4.69) is 62.2 Å². The van der Waals surface area contributed by atoms with Gasteiger partial charge >= 0.3 is 0 Å². The molecule has 2 aliphatic heterocycles. The highest BCUT2D eigenvalue weighted by Crippen LogP contribution is 2.35. The number of imidazole rings is 1. The van der Waals surface area contributed by atoms with Crippen molar-refractivity contribution < 1.29 is 9.53 Å². The third kappa shape index (κ3) is 4.56. The second-order valence-electron chi connectivity index (χ2n) is 9.95. The smallest absolute Gasteiger partial charge is 0.251 e. The Morgan fingerprint density at radius 2 is 2.00 bits per heavy atom. The minimum absolute atomic E-state index is 0.132. The summed E-state index contributed by atoms with van der Waals surface area (Å²) in [4.78, 5) is 22.7. The summed E-state index contributed by atoms with van der Waals surface area (Å²) in [5.41, 5.74) is 3.08. The molecule has 176 valence electrons. The van der Waals surface area contributed by atoms with Crippen molar-refractivity contribution in [2.45, 2.75) is 52.2 Å². The van der Waals surface area contributed by atoms with Crippen molar-refractivity contribution >= 4 is 33.2 Å². The third-order valence-electron chi connectivity index (χ3n) is 6.04. The van der Waals surface area contributed by atoms with Crippen molar-refractivity contribution in [1.29, 1.82) is 0 Å². The van der Waals surface area contributed by atoms with Crippen LogP contribution in [0.2, 0.25) is 0 Å². The lowest BCUT2D eigenvalue weighted by molar-refractivity contribution is -0.141. The largest absolute Gasteiger partial charge is 0.368 e. The number of rotatable bonds is 4. The number of carbonyl (C=O) groups is 1. The van der Waals surface area contributed by atoms with Crippen LogP contribution in [-0.2, 0) is 9.53 Å². The van der Waals surface area contributed by atoms with E-state index in [0.29, 0.717) is 19.7 Å². The van der Waals surface area contributed by atoms with Crippen molar-refractivity contribution in [3.8, 4) is 11.3 Å². The molecule has 4 heterocycles. The van der Waals surface area contributed by atoms with Gasteiger partial charge in [0.25, 0.3) is 5.91 Å². The molecule has 0 spiro atoms. The van der Waals surface area contributed by atoms with Gasteiger partial charge < -0.3 is 19.9 Å². The topological polar surface area (TPSA) is 75.0 Å². The first kappa shape index (κ1) is 22.2. The number of hydrogen-bond donors (Lipinski definition) is 1. The van der Waals surface area contributed by atoms with Crippen molar-refractivity contribution in [2.75, 3.05) is 43.0 Å². The van der Waals surface area contributed by atoms with Gasteiger partial charge in [0.2, 0.25) is 10.1 Å². The highest BCUT2D eigenvalue weighted by Gasteiger charge is 2.31. The standard InChI is InChI=1S/C24H32N6O2S/c1-16-7-5-8-17(15-16)19-20(26-24(2,3)4)30-22(25-19)33-23(27-30)29-12-10-28(11-13-29)21(31)18-9-6-14-32-18/h5,7-8,15,18,26H,6,9-14H2,1-4H3. The molecule has 1 amide bonds. The van der Waals surface area contributed by atoms with Gasteiger partial charge in [-0.2, -0.15) is 4.52 Å². The Morgan fingerprint density at radius 1 is 1.21 bits per heavy atom. The molecule has 2 aromatic heterocycles. The average Bonchev–Trinajstić information content (AvgIpc) is 3.50. The van der Waals surface area contributed by atoms with Gasteiger partial charge in [0, 0.05) is 43.9 Å². The molecule has 1 unspecified atom stereocenters. The molecule has 33 heavy (non-hydrogen) atoms. The highest BCUT2D eigenvalue weighted by atomic mass is 32.1. The fourth-order valence-corrected chi connectivity index (χ4v) is 5.37. The number of aryl methyl sites for hydroxylation is 1. The van der Waals surface area contributed by atoms with Crippen LogP contribution in [0.15, 0.2) is 24.3 Å². The SMILES string of the molecule is Cc1cccc(-c2nc3sc(N4CCN(C(=O)C5CCCO5)CC4)nn3c2NC(C)(C)C)c1. The molecule has 8 nitrogen and oxygen atoms in total. The number of anilines is 2. The van der Waals surface area contributed by atoms with E-state index in [9.17, 15) is 4.79 Å². The summed E-state index contributed by atoms with van der Waals surface area (Å²) in [5, 5.41) is 9.50. The first-order chi connectivity index (χ1) is 15.8. The van der Waals surface area contributed by atoms with E-state index in [-0.39, 0.29) is 17.6 Å². The molecule has 2 fully saturated rings. The van der Waals surface area contributed by atoms with Crippen LogP contribution < -0.4 is 10.2 Å². The van der Waals surface area contributed by atoms with Gasteiger partial charge in [0.1, 0.15) is 11.8 Å². The molecule has 1 aromatic carbocycles. The van der Waals surface area contributed by atoms with Crippen molar-refractivity contribution in [3.05, 3.63) is 29.8 Å². The third-order valence-corrected chi connectivity index (χ3v) is 7.01. The van der Waals surface area contributed by atoms with Gasteiger partial charge in [-0.15, -0.1) is 5.10 Å². The summed E-state index contributed by atoms with van der Waals surface area (Å²) in [7, 11) is 0. The number of carbonyl (C=O) groups excluding carboxylic acids is 1. The molecule has 2 saturated heterocycles. The van der Waals surface area contributed by atoms with Crippen LogP contribution in [0.25, 0.3) is 16.2 Å². The fourth-order valence-electron chi connectivity index (χ4n) is 4.42. The Hall–Kier alpha value is -2.65. The van der Waals surface area contributed by atoms with E-state index in [1.54, 1.807) is 11.3 Å². The Bertz CT molecular complexity index is 1150. The number of piperazine rings is 1. The van der Waals surface area contributed by atoms with E-state index in [1.807, 2.05) is 9.42 Å². The zero-order chi connectivity index (χ0) is 23.2. The number of aromatic nitrogens is 3. The highest BCUT2D eigenvalue weighted by molar-refractivity contribution is 7.20. The van der Waals surface area contributed by atoms with E-state index in [0.717, 1.165) is 53.1 Å². The first-order valence-corrected chi connectivity index (χ1v) is 12.5. The van der Waals surface area contributed by atoms with Crippen LogP contribution in [0, 0.1) is 6.92 Å². The molecule has 9 heteroatoms. The number of amides is 1. The number of nitrogens with zero attached hydrogens (tertiary/aromatic N) is 5. The molecule has 0 aliphatic carbocycles. The Labute approximate surface area is 198 Å². The van der Waals surface area contributed by atoms with Crippen molar-refractivity contribution in [1.82, 2.24) is 19.5 Å². The Morgan fingerprint density at radius 3 is 2.67 bits per heavy atom. The van der Waals surface area contributed by atoms with Crippen LogP contribution >= 0.6 is 11.3 Å². The van der Waals surface area contributed by atoms with Gasteiger partial charge in [-0.05, 0) is 46.6 Å². The lowest BCUT2D eigenvalue weighted by Crippen LogP contribution is -2.51. The molecule has 3 aromatic rings. The number of ether oxygens (including phenoxy) is 1. The Kier molecular flexibility index (Phi) is 5.78. The summed E-state index contributed by atoms with van der Waals surface area (Å²) in [6.45, 7) is 12.1. The zero-order valence-electron chi connectivity index (χ0n) is 19.8. The minimum atomic E-state index is -0.245. The predicted molar refractivity (Wildman–Crippen MR) is 132 cm³/mol. The van der Waals surface area contributed by atoms with Gasteiger partial charge in [0.15, 0.2) is 5.82 Å². The normalized spacial score (nSPS) is 19.5. The van der Waals surface area contributed by atoms with E-state index in [4.69, 9.17) is 14.8 Å². The Balaban J connectivity index is 1.39.